The lowest BCUT2D eigenvalue weighted by molar-refractivity contribution is 0.442. The Hall–Kier alpha value is -6.99. The van der Waals surface area contributed by atoms with E-state index >= 15 is 0 Å². The number of dihydropyridines is 1. The molecule has 2 aliphatic heterocycles. The van der Waals surface area contributed by atoms with Gasteiger partial charge in [0, 0.05) is 67.2 Å². The molecule has 278 valence electrons. The molecule has 6 heteroatoms. The SMILES string of the molecule is C1=CC(c2ccc(C3C=C(c4ccncc4)NC(c4cccc(-n5c6ccccc6c6c7sc(-c8ccccc8)c(-c8ccccc8)c7ccc65)c4)N3)cc2)=CCN1. The molecule has 0 saturated carbocycles. The van der Waals surface area contributed by atoms with Crippen LogP contribution in [0.4, 0.5) is 0 Å². The molecule has 2 aliphatic rings. The van der Waals surface area contributed by atoms with E-state index in [1.807, 2.05) is 29.9 Å². The lowest BCUT2D eigenvalue weighted by Crippen LogP contribution is -2.39. The fraction of sp³-hybridized carbons (Fsp3) is 0.0577. The van der Waals surface area contributed by atoms with Crippen LogP contribution in [0.15, 0.2) is 195 Å². The normalized spacial score (nSPS) is 16.6. The highest BCUT2D eigenvalue weighted by Crippen LogP contribution is 2.49. The van der Waals surface area contributed by atoms with Gasteiger partial charge < -0.3 is 15.2 Å². The molecule has 0 radical (unpaired) electrons. The first-order chi connectivity index (χ1) is 28.8. The van der Waals surface area contributed by atoms with Crippen molar-refractivity contribution < 1.29 is 0 Å². The van der Waals surface area contributed by atoms with Crippen LogP contribution in [0.25, 0.3) is 70.4 Å². The first kappa shape index (κ1) is 34.3. The molecule has 0 saturated heterocycles. The number of pyridine rings is 1. The number of fused-ring (bicyclic) bond motifs is 5. The van der Waals surface area contributed by atoms with Crippen molar-refractivity contribution in [2.45, 2.75) is 12.2 Å². The third-order valence-corrected chi connectivity index (χ3v) is 12.7. The zero-order valence-corrected chi connectivity index (χ0v) is 32.5. The molecule has 5 nitrogen and oxygen atoms in total. The van der Waals surface area contributed by atoms with Gasteiger partial charge in [0.25, 0.3) is 0 Å². The van der Waals surface area contributed by atoms with Crippen molar-refractivity contribution in [2.24, 2.45) is 0 Å². The highest BCUT2D eigenvalue weighted by molar-refractivity contribution is 7.24. The molecule has 5 heterocycles. The summed E-state index contributed by atoms with van der Waals surface area (Å²) in [5.74, 6) is 0. The average Bonchev–Trinajstić information content (AvgIpc) is 3.87. The van der Waals surface area contributed by atoms with Gasteiger partial charge in [0.05, 0.1) is 17.1 Å². The van der Waals surface area contributed by atoms with Crippen LogP contribution in [0.5, 0.6) is 0 Å². The number of hydrogen-bond donors (Lipinski definition) is 3. The Labute approximate surface area is 341 Å². The summed E-state index contributed by atoms with van der Waals surface area (Å²) >= 11 is 1.90. The van der Waals surface area contributed by atoms with Crippen LogP contribution in [0.2, 0.25) is 0 Å². The fourth-order valence-corrected chi connectivity index (χ4v) is 10.1. The molecule has 3 N–H and O–H groups in total. The predicted octanol–water partition coefficient (Wildman–Crippen LogP) is 12.2. The highest BCUT2D eigenvalue weighted by Gasteiger charge is 2.26. The number of benzene rings is 6. The highest BCUT2D eigenvalue weighted by atomic mass is 32.1. The van der Waals surface area contributed by atoms with Crippen molar-refractivity contribution >= 4 is 54.5 Å². The summed E-state index contributed by atoms with van der Waals surface area (Å²) in [5.41, 5.74) is 14.3. The second kappa shape index (κ2) is 14.5. The molecular weight excluding hydrogens is 727 g/mol. The van der Waals surface area contributed by atoms with Gasteiger partial charge in [0.2, 0.25) is 0 Å². The number of hydrogen-bond acceptors (Lipinski definition) is 5. The van der Waals surface area contributed by atoms with E-state index in [1.165, 1.54) is 70.2 Å². The van der Waals surface area contributed by atoms with E-state index in [9.17, 15) is 0 Å². The molecule has 2 atom stereocenters. The minimum Gasteiger partial charge on any atom is -0.387 e. The van der Waals surface area contributed by atoms with E-state index in [-0.39, 0.29) is 12.2 Å². The average molecular weight is 766 g/mol. The van der Waals surface area contributed by atoms with Crippen LogP contribution in [0.1, 0.15) is 34.5 Å². The molecule has 0 amide bonds. The Morgan fingerprint density at radius 1 is 0.621 bits per heavy atom. The monoisotopic (exact) mass is 765 g/mol. The predicted molar refractivity (Wildman–Crippen MR) is 243 cm³/mol. The summed E-state index contributed by atoms with van der Waals surface area (Å²) in [5, 5.41) is 14.9. The topological polar surface area (TPSA) is 53.9 Å². The molecule has 0 fully saturated rings. The maximum absolute atomic E-state index is 4.31. The Balaban J connectivity index is 1.03. The van der Waals surface area contributed by atoms with Gasteiger partial charge in [-0.25, -0.2) is 0 Å². The fourth-order valence-electron chi connectivity index (χ4n) is 8.69. The second-order valence-electron chi connectivity index (χ2n) is 14.9. The van der Waals surface area contributed by atoms with Crippen LogP contribution < -0.4 is 16.0 Å². The molecule has 3 aromatic heterocycles. The van der Waals surface area contributed by atoms with E-state index in [0.717, 1.165) is 29.1 Å². The first-order valence-corrected chi connectivity index (χ1v) is 20.6. The van der Waals surface area contributed by atoms with Crippen molar-refractivity contribution in [3.63, 3.8) is 0 Å². The minimum atomic E-state index is -0.146. The molecule has 11 rings (SSSR count). The van der Waals surface area contributed by atoms with Crippen LogP contribution in [0, 0.1) is 0 Å². The number of rotatable bonds is 7. The summed E-state index contributed by atoms with van der Waals surface area (Å²) in [7, 11) is 0. The van der Waals surface area contributed by atoms with Crippen LogP contribution in [0.3, 0.4) is 0 Å². The van der Waals surface area contributed by atoms with Crippen molar-refractivity contribution in [3.05, 3.63) is 217 Å². The van der Waals surface area contributed by atoms with Crippen LogP contribution in [-0.2, 0) is 0 Å². The molecule has 9 aromatic rings. The number of para-hydroxylation sites is 1. The molecule has 58 heavy (non-hydrogen) atoms. The number of aromatic nitrogens is 2. The van der Waals surface area contributed by atoms with Gasteiger partial charge in [-0.15, -0.1) is 11.3 Å². The molecular formula is C52H39N5S. The van der Waals surface area contributed by atoms with Crippen LogP contribution >= 0.6 is 11.3 Å². The van der Waals surface area contributed by atoms with Gasteiger partial charge in [-0.2, -0.15) is 0 Å². The quantitative estimate of drug-likeness (QED) is 0.151. The maximum atomic E-state index is 4.31. The lowest BCUT2D eigenvalue weighted by atomic mass is 9.96. The third kappa shape index (κ3) is 6.02. The molecule has 2 unspecified atom stereocenters. The smallest absolute Gasteiger partial charge is 0.104 e. The lowest BCUT2D eigenvalue weighted by Gasteiger charge is -2.33. The van der Waals surface area contributed by atoms with Gasteiger partial charge in [-0.05, 0) is 88.1 Å². The van der Waals surface area contributed by atoms with E-state index in [4.69, 9.17) is 0 Å². The standard InChI is InChI=1S/C52H39N5S/c1-3-10-38(11-4-1)48-43-22-23-47-49(51(43)58-50(48)39-12-5-2-6-13-39)42-16-7-8-17-46(42)57(47)41-15-9-14-40(32-41)52-55-44(33-45(56-52)37-26-30-54-31-27-37)36-20-18-34(19-21-36)35-24-28-53-29-25-35/h1-28,30-33,44,52-53,55-56H,29H2. The first-order valence-electron chi connectivity index (χ1n) is 19.8. The number of nitrogens with zero attached hydrogens (tertiary/aromatic N) is 2. The Kier molecular flexibility index (Phi) is 8.57. The van der Waals surface area contributed by atoms with Crippen LogP contribution in [-0.4, -0.2) is 16.1 Å². The van der Waals surface area contributed by atoms with E-state index in [2.05, 4.69) is 201 Å². The second-order valence-corrected chi connectivity index (χ2v) is 15.9. The van der Waals surface area contributed by atoms with E-state index in [0.29, 0.717) is 0 Å². The summed E-state index contributed by atoms with van der Waals surface area (Å²) in [6.45, 7) is 0.847. The van der Waals surface area contributed by atoms with Gasteiger partial charge in [-0.3, -0.25) is 10.3 Å². The van der Waals surface area contributed by atoms with Gasteiger partial charge >= 0.3 is 0 Å². The zero-order chi connectivity index (χ0) is 38.4. The van der Waals surface area contributed by atoms with Crippen molar-refractivity contribution in [1.82, 2.24) is 25.5 Å². The van der Waals surface area contributed by atoms with Crippen molar-refractivity contribution in [1.29, 1.82) is 0 Å². The molecule has 0 aliphatic carbocycles. The summed E-state index contributed by atoms with van der Waals surface area (Å²) < 4.78 is 3.76. The summed E-state index contributed by atoms with van der Waals surface area (Å²) in [6.07, 6.45) is 12.2. The minimum absolute atomic E-state index is 0.0114. The molecule has 0 spiro atoms. The van der Waals surface area contributed by atoms with E-state index < -0.39 is 0 Å². The Bertz CT molecular complexity index is 3050. The summed E-state index contributed by atoms with van der Waals surface area (Å²) in [4.78, 5) is 5.60. The Morgan fingerprint density at radius 2 is 1.40 bits per heavy atom. The number of nitrogens with one attached hydrogen (secondary N) is 3. The Morgan fingerprint density at radius 3 is 2.19 bits per heavy atom. The van der Waals surface area contributed by atoms with E-state index in [1.54, 1.807) is 0 Å². The van der Waals surface area contributed by atoms with Crippen molar-refractivity contribution in [3.8, 4) is 27.3 Å². The largest absolute Gasteiger partial charge is 0.387 e. The van der Waals surface area contributed by atoms with Crippen molar-refractivity contribution in [2.75, 3.05) is 6.54 Å². The van der Waals surface area contributed by atoms with Gasteiger partial charge in [0.1, 0.15) is 6.17 Å². The third-order valence-electron chi connectivity index (χ3n) is 11.4. The van der Waals surface area contributed by atoms with Gasteiger partial charge in [-0.1, -0.05) is 127 Å². The zero-order valence-electron chi connectivity index (χ0n) is 31.6. The molecule has 0 bridgehead atoms. The maximum Gasteiger partial charge on any atom is 0.104 e. The number of allylic oxidation sites excluding steroid dienone is 2. The number of thiophene rings is 1. The molecule has 6 aromatic carbocycles. The van der Waals surface area contributed by atoms with Gasteiger partial charge in [0.15, 0.2) is 0 Å². The summed E-state index contributed by atoms with van der Waals surface area (Å²) in [6, 6.07) is 57.3.